The quantitative estimate of drug-likeness (QED) is 0.336. The van der Waals surface area contributed by atoms with Crippen LogP contribution in [0.3, 0.4) is 0 Å². The highest BCUT2D eigenvalue weighted by molar-refractivity contribution is 6.20. The van der Waals surface area contributed by atoms with E-state index in [-0.39, 0.29) is 35.9 Å². The van der Waals surface area contributed by atoms with Gasteiger partial charge in [0.1, 0.15) is 17.2 Å². The number of hydrogen-bond acceptors (Lipinski definition) is 8. The van der Waals surface area contributed by atoms with Crippen LogP contribution in [0.1, 0.15) is 59.9 Å². The number of carboxylic acids is 2. The molecule has 42 heavy (non-hydrogen) atoms. The molecule has 220 valence electrons. The molecule has 3 heterocycles. The van der Waals surface area contributed by atoms with Crippen LogP contribution >= 0.6 is 0 Å². The van der Waals surface area contributed by atoms with Gasteiger partial charge in [-0.3, -0.25) is 29.0 Å². The first-order valence-electron chi connectivity index (χ1n) is 13.1. The van der Waals surface area contributed by atoms with Crippen LogP contribution in [0, 0.1) is 5.82 Å². The smallest absolute Gasteiger partial charge is 0.303 e. The molecule has 2 aliphatic heterocycles. The number of carbonyl (C=O) groups excluding carboxylic acids is 2. The Balaban J connectivity index is 0.000000446. The van der Waals surface area contributed by atoms with Crippen molar-refractivity contribution in [2.75, 3.05) is 23.8 Å². The van der Waals surface area contributed by atoms with Crippen LogP contribution in [-0.2, 0) is 16.1 Å². The number of aliphatic carboxylic acids is 2. The van der Waals surface area contributed by atoms with Gasteiger partial charge in [0.25, 0.3) is 5.91 Å². The summed E-state index contributed by atoms with van der Waals surface area (Å²) in [4.78, 5) is 52.6. The van der Waals surface area contributed by atoms with E-state index >= 15 is 0 Å². The Morgan fingerprint density at radius 2 is 1.60 bits per heavy atom. The van der Waals surface area contributed by atoms with Crippen LogP contribution in [0.25, 0.3) is 0 Å². The monoisotopic (exact) mass is 578 g/mol. The van der Waals surface area contributed by atoms with Gasteiger partial charge in [-0.05, 0) is 50.6 Å². The summed E-state index contributed by atoms with van der Waals surface area (Å²) in [5.74, 6) is -1.09. The standard InChI is InChI=1S/C25H25FN6O2.C4H6O4/c1-15(33)17-7-5-16(6-8-17)13-32-21(27-19-11-9-18(26)10-12-19)20-22(29-32)31-14-25(2,3)28-24(31)30(4)23(20)34;5-3(6)1-2-4(7)8/h5-12,27H,13-14H2,1-4H3;1-2H2,(H,5,6)(H,7,8). The molecule has 0 spiro atoms. The van der Waals surface area contributed by atoms with Gasteiger partial charge >= 0.3 is 11.9 Å². The molecule has 0 radical (unpaired) electrons. The topological polar surface area (TPSA) is 157 Å². The number of carboxylic acid groups (broad SMARTS) is 2. The van der Waals surface area contributed by atoms with Gasteiger partial charge in [0.2, 0.25) is 5.96 Å². The van der Waals surface area contributed by atoms with Gasteiger partial charge in [-0.2, -0.15) is 5.10 Å². The van der Waals surface area contributed by atoms with Crippen LogP contribution in [-0.4, -0.2) is 73.6 Å². The first-order valence-corrected chi connectivity index (χ1v) is 13.1. The van der Waals surface area contributed by atoms with Gasteiger partial charge in [0.05, 0.1) is 31.5 Å². The number of rotatable bonds is 8. The lowest BCUT2D eigenvalue weighted by atomic mass is 10.1. The van der Waals surface area contributed by atoms with E-state index in [9.17, 15) is 23.6 Å². The number of aromatic nitrogens is 2. The number of aliphatic imine (C=N–C) groups is 1. The number of fused-ring (bicyclic) bond motifs is 3. The van der Waals surface area contributed by atoms with Crippen LogP contribution in [0.2, 0.25) is 0 Å². The molecule has 3 N–H and O–H groups in total. The summed E-state index contributed by atoms with van der Waals surface area (Å²) < 4.78 is 15.2. The number of anilines is 3. The summed E-state index contributed by atoms with van der Waals surface area (Å²) in [6.45, 7) is 6.52. The van der Waals surface area contributed by atoms with Gasteiger partial charge in [0.15, 0.2) is 11.6 Å². The maximum absolute atomic E-state index is 13.5. The zero-order chi connectivity index (χ0) is 30.8. The molecular formula is C29H31FN6O6. The number of guanidine groups is 1. The third-order valence-corrected chi connectivity index (χ3v) is 6.55. The molecule has 0 saturated heterocycles. The largest absolute Gasteiger partial charge is 0.481 e. The summed E-state index contributed by atoms with van der Waals surface area (Å²) in [5, 5.41) is 23.9. The molecule has 2 aromatic carbocycles. The minimum Gasteiger partial charge on any atom is -0.481 e. The van der Waals surface area contributed by atoms with Crippen molar-refractivity contribution in [1.82, 2.24) is 14.7 Å². The fourth-order valence-corrected chi connectivity index (χ4v) is 4.49. The van der Waals surface area contributed by atoms with Crippen LogP contribution in [0.5, 0.6) is 0 Å². The highest BCUT2D eigenvalue weighted by Crippen LogP contribution is 2.38. The Labute approximate surface area is 241 Å². The molecular weight excluding hydrogens is 547 g/mol. The molecule has 2 aliphatic rings. The second-order valence-electron chi connectivity index (χ2n) is 10.6. The lowest BCUT2D eigenvalue weighted by Gasteiger charge is -2.30. The maximum Gasteiger partial charge on any atom is 0.303 e. The Hall–Kier alpha value is -5.07. The molecule has 5 rings (SSSR count). The summed E-state index contributed by atoms with van der Waals surface area (Å²) in [7, 11) is 1.71. The van der Waals surface area contributed by atoms with Gasteiger partial charge in [-0.25, -0.2) is 14.1 Å². The molecule has 3 aromatic rings. The minimum absolute atomic E-state index is 0.00290. The molecule has 0 saturated carbocycles. The zero-order valence-electron chi connectivity index (χ0n) is 23.6. The number of carbonyl (C=O) groups is 4. The number of ketones is 1. The van der Waals surface area contributed by atoms with Crippen molar-refractivity contribution in [1.29, 1.82) is 0 Å². The molecule has 12 nitrogen and oxygen atoms in total. The van der Waals surface area contributed by atoms with E-state index in [2.05, 4.69) is 5.32 Å². The predicted molar refractivity (Wildman–Crippen MR) is 153 cm³/mol. The first kappa shape index (κ1) is 29.9. The van der Waals surface area contributed by atoms with E-state index in [1.165, 1.54) is 19.1 Å². The van der Waals surface area contributed by atoms with Gasteiger partial charge < -0.3 is 15.5 Å². The molecule has 0 unspecified atom stereocenters. The van der Waals surface area contributed by atoms with Crippen molar-refractivity contribution >= 4 is 46.9 Å². The lowest BCUT2D eigenvalue weighted by Crippen LogP contribution is -2.48. The third-order valence-electron chi connectivity index (χ3n) is 6.55. The highest BCUT2D eigenvalue weighted by atomic mass is 19.1. The summed E-state index contributed by atoms with van der Waals surface area (Å²) in [6.07, 6.45) is -0.593. The second-order valence-corrected chi connectivity index (χ2v) is 10.6. The third kappa shape index (κ3) is 6.62. The van der Waals surface area contributed by atoms with Crippen LogP contribution in [0.15, 0.2) is 53.5 Å². The van der Waals surface area contributed by atoms with Crippen molar-refractivity contribution in [2.45, 2.75) is 45.7 Å². The fourth-order valence-electron chi connectivity index (χ4n) is 4.49. The maximum atomic E-state index is 13.5. The first-order chi connectivity index (χ1) is 19.8. The molecule has 13 heteroatoms. The molecule has 1 amide bonds. The SMILES string of the molecule is CC(=O)c1ccc(Cn2nc3c(c2Nc2ccc(F)cc2)C(=O)N(C)C2=NC(C)(C)CN23)cc1.O=C(O)CCC(=O)O. The number of nitrogens with zero attached hydrogens (tertiary/aromatic N) is 5. The van der Waals surface area contributed by atoms with Gasteiger partial charge in [-0.1, -0.05) is 24.3 Å². The summed E-state index contributed by atoms with van der Waals surface area (Å²) >= 11 is 0. The van der Waals surface area contributed by atoms with E-state index in [4.69, 9.17) is 20.3 Å². The second kappa shape index (κ2) is 11.8. The minimum atomic E-state index is -1.08. The molecule has 0 atom stereocenters. The number of Topliss-reactive ketones (excluding diaryl/α,β-unsaturated/α-hetero) is 1. The van der Waals surface area contributed by atoms with Crippen molar-refractivity contribution < 1.29 is 33.8 Å². The number of amides is 1. The summed E-state index contributed by atoms with van der Waals surface area (Å²) in [6, 6.07) is 13.3. The van der Waals surface area contributed by atoms with Gasteiger partial charge in [-0.15, -0.1) is 0 Å². The van der Waals surface area contributed by atoms with Crippen molar-refractivity contribution in [3.63, 3.8) is 0 Å². The highest BCUT2D eigenvalue weighted by Gasteiger charge is 2.45. The number of halogens is 1. The average Bonchev–Trinajstić information content (AvgIpc) is 3.44. The van der Waals surface area contributed by atoms with Crippen LogP contribution < -0.4 is 10.2 Å². The van der Waals surface area contributed by atoms with E-state index in [1.807, 2.05) is 30.9 Å². The van der Waals surface area contributed by atoms with E-state index in [0.717, 1.165) is 5.56 Å². The Kier molecular flexibility index (Phi) is 8.41. The van der Waals surface area contributed by atoms with Crippen molar-refractivity contribution in [3.05, 3.63) is 71.0 Å². The Morgan fingerprint density at radius 3 is 2.14 bits per heavy atom. The van der Waals surface area contributed by atoms with Crippen LogP contribution in [0.4, 0.5) is 21.7 Å². The molecule has 0 bridgehead atoms. The van der Waals surface area contributed by atoms with E-state index in [1.54, 1.807) is 40.9 Å². The van der Waals surface area contributed by atoms with Gasteiger partial charge in [0, 0.05) is 18.3 Å². The Morgan fingerprint density at radius 1 is 1.00 bits per heavy atom. The predicted octanol–water partition coefficient (Wildman–Crippen LogP) is 3.99. The number of nitrogens with one attached hydrogen (secondary N) is 1. The Bertz CT molecular complexity index is 1550. The average molecular weight is 579 g/mol. The van der Waals surface area contributed by atoms with Crippen molar-refractivity contribution in [3.8, 4) is 0 Å². The summed E-state index contributed by atoms with van der Waals surface area (Å²) in [5.41, 5.74) is 2.26. The van der Waals surface area contributed by atoms with E-state index in [0.29, 0.717) is 47.5 Å². The number of benzene rings is 2. The molecule has 0 aliphatic carbocycles. The molecule has 1 aromatic heterocycles. The fraction of sp³-hybridized carbons (Fsp3) is 0.310. The normalized spacial score (nSPS) is 14.8. The van der Waals surface area contributed by atoms with E-state index < -0.39 is 11.9 Å². The van der Waals surface area contributed by atoms with Crippen molar-refractivity contribution in [2.24, 2.45) is 4.99 Å². The lowest BCUT2D eigenvalue weighted by molar-refractivity contribution is -0.143. The number of hydrogen-bond donors (Lipinski definition) is 3. The zero-order valence-corrected chi connectivity index (χ0v) is 23.6. The molecule has 0 fully saturated rings.